The van der Waals surface area contributed by atoms with Crippen LogP contribution in [-0.2, 0) is 10.5 Å². The van der Waals surface area contributed by atoms with Crippen molar-refractivity contribution in [2.45, 2.75) is 24.9 Å². The summed E-state index contributed by atoms with van der Waals surface area (Å²) in [5.74, 6) is 0.288. The van der Waals surface area contributed by atoms with E-state index in [1.54, 1.807) is 0 Å². The largest absolute Gasteiger partial charge is 0.320 e. The van der Waals surface area contributed by atoms with Crippen molar-refractivity contribution in [1.82, 2.24) is 10.2 Å². The molecule has 0 bridgehead atoms. The normalized spacial score (nSPS) is 29.2. The first-order valence-electron chi connectivity index (χ1n) is 5.94. The number of benzene rings is 1. The number of hydrogen-bond donors (Lipinski definition) is 1. The Hall–Kier alpha value is -1.35. The van der Waals surface area contributed by atoms with Crippen LogP contribution < -0.4 is 5.32 Å². The van der Waals surface area contributed by atoms with Crippen LogP contribution in [0.3, 0.4) is 0 Å². The van der Waals surface area contributed by atoms with Crippen LogP contribution >= 0.6 is 0 Å². The molecule has 0 spiro atoms. The third-order valence-corrected chi connectivity index (χ3v) is 3.69. The summed E-state index contributed by atoms with van der Waals surface area (Å²) in [6, 6.07) is 10.3. The predicted molar refractivity (Wildman–Crippen MR) is 61.7 cm³/mol. The minimum Gasteiger partial charge on any atom is -0.320 e. The highest BCUT2D eigenvalue weighted by molar-refractivity contribution is 5.80. The molecule has 84 valence electrons. The fourth-order valence-electron chi connectivity index (χ4n) is 2.92. The summed E-state index contributed by atoms with van der Waals surface area (Å²) < 4.78 is 0. The maximum atomic E-state index is 11.9. The quantitative estimate of drug-likeness (QED) is 0.770. The molecule has 0 aromatic heterocycles. The van der Waals surface area contributed by atoms with Crippen molar-refractivity contribution in [2.75, 3.05) is 13.1 Å². The summed E-state index contributed by atoms with van der Waals surface area (Å²) >= 11 is 0. The summed E-state index contributed by atoms with van der Waals surface area (Å²) in [4.78, 5) is 13.9. The van der Waals surface area contributed by atoms with Crippen LogP contribution in [0.1, 0.15) is 24.8 Å². The zero-order valence-electron chi connectivity index (χ0n) is 9.28. The van der Waals surface area contributed by atoms with Gasteiger partial charge in [-0.15, -0.1) is 0 Å². The van der Waals surface area contributed by atoms with Crippen molar-refractivity contribution in [3.63, 3.8) is 0 Å². The Morgan fingerprint density at radius 1 is 1.25 bits per heavy atom. The second kappa shape index (κ2) is 3.59. The number of carbonyl (C=O) groups is 1. The van der Waals surface area contributed by atoms with Crippen molar-refractivity contribution in [2.24, 2.45) is 0 Å². The van der Waals surface area contributed by atoms with E-state index in [-0.39, 0.29) is 11.6 Å². The van der Waals surface area contributed by atoms with Gasteiger partial charge in [-0.2, -0.15) is 0 Å². The summed E-state index contributed by atoms with van der Waals surface area (Å²) in [5, 5.41) is 3.55. The van der Waals surface area contributed by atoms with Crippen molar-refractivity contribution < 1.29 is 4.79 Å². The maximum Gasteiger partial charge on any atom is 0.224 e. The van der Waals surface area contributed by atoms with E-state index in [9.17, 15) is 4.79 Å². The Balaban J connectivity index is 2.04. The van der Waals surface area contributed by atoms with Crippen LogP contribution in [0, 0.1) is 0 Å². The molecule has 3 heteroatoms. The van der Waals surface area contributed by atoms with Gasteiger partial charge in [-0.05, 0) is 24.9 Å². The second-order valence-corrected chi connectivity index (χ2v) is 4.55. The molecule has 2 heterocycles. The monoisotopic (exact) mass is 216 g/mol. The number of nitrogens with one attached hydrogen (secondary N) is 1. The molecule has 2 aliphatic heterocycles. The number of nitrogens with zero attached hydrogens (tertiary/aromatic N) is 1. The highest BCUT2D eigenvalue weighted by Crippen LogP contribution is 2.38. The smallest absolute Gasteiger partial charge is 0.224 e. The Morgan fingerprint density at radius 2 is 2.06 bits per heavy atom. The van der Waals surface area contributed by atoms with Gasteiger partial charge in [0.25, 0.3) is 0 Å². The highest BCUT2D eigenvalue weighted by Gasteiger charge is 2.47. The average Bonchev–Trinajstić information content (AvgIpc) is 2.70. The highest BCUT2D eigenvalue weighted by atomic mass is 16.2. The summed E-state index contributed by atoms with van der Waals surface area (Å²) in [6.45, 7) is 1.89. The van der Waals surface area contributed by atoms with Gasteiger partial charge in [-0.3, -0.25) is 10.1 Å². The van der Waals surface area contributed by atoms with Gasteiger partial charge in [0.1, 0.15) is 5.66 Å². The maximum absolute atomic E-state index is 11.9. The predicted octanol–water partition coefficient (Wildman–Crippen LogP) is 1.46. The summed E-state index contributed by atoms with van der Waals surface area (Å²) in [6.07, 6.45) is 2.62. The Morgan fingerprint density at radius 3 is 2.88 bits per heavy atom. The van der Waals surface area contributed by atoms with Crippen LogP contribution in [0.15, 0.2) is 30.3 Å². The Kier molecular flexibility index (Phi) is 2.21. The van der Waals surface area contributed by atoms with E-state index in [2.05, 4.69) is 17.4 Å². The van der Waals surface area contributed by atoms with Crippen molar-refractivity contribution in [3.05, 3.63) is 35.9 Å². The van der Waals surface area contributed by atoms with Crippen LogP contribution in [0.5, 0.6) is 0 Å². The van der Waals surface area contributed by atoms with Crippen LogP contribution in [0.4, 0.5) is 0 Å². The number of amides is 1. The first kappa shape index (κ1) is 9.85. The van der Waals surface area contributed by atoms with Crippen molar-refractivity contribution >= 4 is 5.91 Å². The molecule has 16 heavy (non-hydrogen) atoms. The van der Waals surface area contributed by atoms with E-state index in [1.165, 1.54) is 5.56 Å². The first-order chi connectivity index (χ1) is 7.83. The fraction of sp³-hybridized carbons (Fsp3) is 0.462. The molecular formula is C13H16N2O. The lowest BCUT2D eigenvalue weighted by Crippen LogP contribution is -2.58. The molecule has 0 aliphatic carbocycles. The molecule has 0 saturated carbocycles. The number of carbonyl (C=O) groups excluding carboxylic acids is 1. The fourth-order valence-corrected chi connectivity index (χ4v) is 2.92. The molecule has 3 nitrogen and oxygen atoms in total. The van der Waals surface area contributed by atoms with E-state index in [1.807, 2.05) is 23.1 Å². The molecule has 0 unspecified atom stereocenters. The zero-order chi connectivity index (χ0) is 11.0. The van der Waals surface area contributed by atoms with Crippen LogP contribution in [0.25, 0.3) is 0 Å². The SMILES string of the molecule is O=C1CC[C@]2(c3ccccc3)NCCCN12. The third-order valence-electron chi connectivity index (χ3n) is 3.69. The van der Waals surface area contributed by atoms with Gasteiger partial charge < -0.3 is 4.90 Å². The van der Waals surface area contributed by atoms with E-state index in [4.69, 9.17) is 0 Å². The minimum absolute atomic E-state index is 0.212. The lowest BCUT2D eigenvalue weighted by Gasteiger charge is -2.43. The van der Waals surface area contributed by atoms with Gasteiger partial charge in [0, 0.05) is 13.0 Å². The Labute approximate surface area is 95.4 Å². The van der Waals surface area contributed by atoms with Gasteiger partial charge in [0.15, 0.2) is 0 Å². The average molecular weight is 216 g/mol. The van der Waals surface area contributed by atoms with Crippen molar-refractivity contribution in [3.8, 4) is 0 Å². The van der Waals surface area contributed by atoms with E-state index in [0.717, 1.165) is 25.9 Å². The van der Waals surface area contributed by atoms with Gasteiger partial charge in [0.2, 0.25) is 5.91 Å². The summed E-state index contributed by atoms with van der Waals surface area (Å²) in [5.41, 5.74) is 1.01. The van der Waals surface area contributed by atoms with Crippen molar-refractivity contribution in [1.29, 1.82) is 0 Å². The van der Waals surface area contributed by atoms with Crippen LogP contribution in [-0.4, -0.2) is 23.9 Å². The number of fused-ring (bicyclic) bond motifs is 1. The molecule has 3 rings (SSSR count). The molecule has 1 atom stereocenters. The molecule has 1 amide bonds. The topological polar surface area (TPSA) is 32.3 Å². The van der Waals surface area contributed by atoms with Crippen LogP contribution in [0.2, 0.25) is 0 Å². The lowest BCUT2D eigenvalue weighted by molar-refractivity contribution is -0.133. The van der Waals surface area contributed by atoms with E-state index >= 15 is 0 Å². The van der Waals surface area contributed by atoms with Gasteiger partial charge in [-0.25, -0.2) is 0 Å². The molecule has 1 aromatic rings. The molecule has 2 aliphatic rings. The molecule has 0 radical (unpaired) electrons. The molecule has 1 aromatic carbocycles. The molecule has 1 N–H and O–H groups in total. The van der Waals surface area contributed by atoms with E-state index < -0.39 is 0 Å². The number of hydrogen-bond acceptors (Lipinski definition) is 2. The molecular weight excluding hydrogens is 200 g/mol. The standard InChI is InChI=1S/C13H16N2O/c16-12-7-8-13(11-5-2-1-3-6-11)14-9-4-10-15(12)13/h1-3,5-6,14H,4,7-10H2/t13-/m0/s1. The second-order valence-electron chi connectivity index (χ2n) is 4.55. The first-order valence-corrected chi connectivity index (χ1v) is 5.94. The third kappa shape index (κ3) is 1.28. The lowest BCUT2D eigenvalue weighted by atomic mass is 9.94. The van der Waals surface area contributed by atoms with Gasteiger partial charge >= 0.3 is 0 Å². The summed E-state index contributed by atoms with van der Waals surface area (Å²) in [7, 11) is 0. The van der Waals surface area contributed by atoms with E-state index in [0.29, 0.717) is 6.42 Å². The van der Waals surface area contributed by atoms with Gasteiger partial charge in [0.05, 0.1) is 0 Å². The van der Waals surface area contributed by atoms with Gasteiger partial charge in [-0.1, -0.05) is 30.3 Å². The Bertz CT molecular complexity index is 404. The molecule has 2 saturated heterocycles. The zero-order valence-corrected chi connectivity index (χ0v) is 9.28. The number of rotatable bonds is 1. The molecule has 2 fully saturated rings. The minimum atomic E-state index is -0.212.